The molecule has 2 unspecified atom stereocenters. The van der Waals surface area contributed by atoms with Crippen molar-refractivity contribution in [2.24, 2.45) is 11.8 Å². The molecule has 2 N–H and O–H groups in total. The van der Waals surface area contributed by atoms with Crippen LogP contribution >= 0.6 is 0 Å². The average molecular weight is 256 g/mol. The molecule has 0 aromatic rings. The maximum atomic E-state index is 11.9. The van der Waals surface area contributed by atoms with Crippen molar-refractivity contribution in [1.82, 2.24) is 0 Å². The number of aliphatic carboxylic acids is 1. The molecule has 0 saturated carbocycles. The van der Waals surface area contributed by atoms with Crippen LogP contribution in [-0.4, -0.2) is 28.0 Å². The van der Waals surface area contributed by atoms with E-state index in [1.165, 1.54) is 20.8 Å². The van der Waals surface area contributed by atoms with Crippen molar-refractivity contribution in [1.29, 1.82) is 0 Å². The van der Waals surface area contributed by atoms with Crippen molar-refractivity contribution in [2.75, 3.05) is 0 Å². The molecule has 2 atom stereocenters. The number of aliphatic hydroxyl groups is 1. The van der Waals surface area contributed by atoms with E-state index in [2.05, 4.69) is 0 Å². The van der Waals surface area contributed by atoms with E-state index in [1.54, 1.807) is 0 Å². The monoisotopic (exact) mass is 256 g/mol. The van der Waals surface area contributed by atoms with Gasteiger partial charge in [-0.2, -0.15) is 13.2 Å². The lowest BCUT2D eigenvalue weighted by molar-refractivity contribution is -0.171. The highest BCUT2D eigenvalue weighted by Gasteiger charge is 2.44. The third kappa shape index (κ3) is 4.53. The van der Waals surface area contributed by atoms with Gasteiger partial charge in [0.2, 0.25) is 0 Å². The molecule has 0 aliphatic heterocycles. The zero-order valence-electron chi connectivity index (χ0n) is 10.2. The lowest BCUT2D eigenvalue weighted by atomic mass is 9.77. The van der Waals surface area contributed by atoms with Gasteiger partial charge in [-0.25, -0.2) is 4.79 Å². The van der Waals surface area contributed by atoms with Gasteiger partial charge >= 0.3 is 12.1 Å². The summed E-state index contributed by atoms with van der Waals surface area (Å²) >= 11 is 0. The van der Waals surface area contributed by atoms with E-state index >= 15 is 0 Å². The van der Waals surface area contributed by atoms with Crippen LogP contribution in [0.3, 0.4) is 0 Å². The van der Waals surface area contributed by atoms with Gasteiger partial charge < -0.3 is 10.2 Å². The summed E-state index contributed by atoms with van der Waals surface area (Å²) in [6.07, 6.45) is -5.34. The molecule has 0 aromatic heterocycles. The SMILES string of the molecule is CC(C)C(O)(C(=O)O)C(C)CCCC(F)(F)F. The molecule has 0 aliphatic carbocycles. The molecule has 3 nitrogen and oxygen atoms in total. The lowest BCUT2D eigenvalue weighted by Gasteiger charge is -2.33. The number of carboxylic acid groups (broad SMARTS) is 1. The molecule has 0 fully saturated rings. The van der Waals surface area contributed by atoms with Gasteiger partial charge in [-0.05, 0) is 24.7 Å². The molecule has 0 aromatic carbocycles. The summed E-state index contributed by atoms with van der Waals surface area (Å²) in [6.45, 7) is 4.53. The predicted octanol–water partition coefficient (Wildman–Crippen LogP) is 2.83. The molecule has 0 radical (unpaired) electrons. The minimum absolute atomic E-state index is 0.0283. The van der Waals surface area contributed by atoms with Crippen LogP contribution in [0, 0.1) is 11.8 Å². The molecule has 17 heavy (non-hydrogen) atoms. The zero-order valence-corrected chi connectivity index (χ0v) is 10.2. The van der Waals surface area contributed by atoms with Crippen molar-refractivity contribution >= 4 is 5.97 Å². The fourth-order valence-corrected chi connectivity index (χ4v) is 1.86. The molecular formula is C11H19F3O3. The summed E-state index contributed by atoms with van der Waals surface area (Å²) in [4.78, 5) is 11.0. The summed E-state index contributed by atoms with van der Waals surface area (Å²) < 4.78 is 35.8. The quantitative estimate of drug-likeness (QED) is 0.768. The second-order valence-electron chi connectivity index (χ2n) is 4.69. The number of carboxylic acids is 1. The summed E-state index contributed by atoms with van der Waals surface area (Å²) in [5.74, 6) is -2.66. The van der Waals surface area contributed by atoms with Crippen molar-refractivity contribution in [2.45, 2.75) is 51.8 Å². The highest BCUT2D eigenvalue weighted by molar-refractivity contribution is 5.77. The van der Waals surface area contributed by atoms with E-state index in [1.807, 2.05) is 0 Å². The van der Waals surface area contributed by atoms with Crippen molar-refractivity contribution in [3.63, 3.8) is 0 Å². The van der Waals surface area contributed by atoms with Gasteiger partial charge in [0.05, 0.1) is 0 Å². The molecule has 6 heteroatoms. The molecule has 0 aliphatic rings. The lowest BCUT2D eigenvalue weighted by Crippen LogP contribution is -2.49. The zero-order chi connectivity index (χ0) is 13.9. The fourth-order valence-electron chi connectivity index (χ4n) is 1.86. The molecule has 0 heterocycles. The van der Waals surface area contributed by atoms with Crippen LogP contribution in [-0.2, 0) is 4.79 Å². The molecule has 0 spiro atoms. The third-order valence-corrected chi connectivity index (χ3v) is 3.07. The topological polar surface area (TPSA) is 57.5 Å². The van der Waals surface area contributed by atoms with Crippen LogP contribution in [0.15, 0.2) is 0 Å². The summed E-state index contributed by atoms with van der Waals surface area (Å²) in [5.41, 5.74) is -1.97. The van der Waals surface area contributed by atoms with E-state index in [-0.39, 0.29) is 12.8 Å². The maximum Gasteiger partial charge on any atom is 0.389 e. The smallest absolute Gasteiger partial charge is 0.389 e. The van der Waals surface area contributed by atoms with Gasteiger partial charge in [0.25, 0.3) is 0 Å². The van der Waals surface area contributed by atoms with Gasteiger partial charge in [-0.1, -0.05) is 20.8 Å². The number of halogens is 3. The van der Waals surface area contributed by atoms with E-state index in [9.17, 15) is 23.1 Å². The molecule has 0 saturated heterocycles. The van der Waals surface area contributed by atoms with Gasteiger partial charge in [-0.3, -0.25) is 0 Å². The van der Waals surface area contributed by atoms with E-state index in [0.717, 1.165) is 0 Å². The molecular weight excluding hydrogens is 237 g/mol. The first kappa shape index (κ1) is 16.2. The van der Waals surface area contributed by atoms with Crippen LogP contribution in [0.25, 0.3) is 0 Å². The van der Waals surface area contributed by atoms with Crippen LogP contribution in [0.2, 0.25) is 0 Å². The normalized spacial score (nSPS) is 17.9. The Morgan fingerprint density at radius 3 is 2.00 bits per heavy atom. The van der Waals surface area contributed by atoms with E-state index in [4.69, 9.17) is 5.11 Å². The summed E-state index contributed by atoms with van der Waals surface area (Å²) in [6, 6.07) is 0. The van der Waals surface area contributed by atoms with Crippen LogP contribution in [0.1, 0.15) is 40.0 Å². The van der Waals surface area contributed by atoms with Crippen LogP contribution in [0.5, 0.6) is 0 Å². The number of alkyl halides is 3. The Bertz CT molecular complexity index is 263. The first-order valence-corrected chi connectivity index (χ1v) is 5.54. The Morgan fingerprint density at radius 2 is 1.71 bits per heavy atom. The second kappa shape index (κ2) is 5.71. The number of hydrogen-bond acceptors (Lipinski definition) is 2. The Morgan fingerprint density at radius 1 is 1.24 bits per heavy atom. The van der Waals surface area contributed by atoms with Crippen LogP contribution in [0.4, 0.5) is 13.2 Å². The minimum atomic E-state index is -4.24. The highest BCUT2D eigenvalue weighted by Crippen LogP contribution is 2.32. The highest BCUT2D eigenvalue weighted by atomic mass is 19.4. The second-order valence-corrected chi connectivity index (χ2v) is 4.69. The molecule has 0 bridgehead atoms. The van der Waals surface area contributed by atoms with Crippen molar-refractivity contribution in [3.8, 4) is 0 Å². The average Bonchev–Trinajstić information content (AvgIpc) is 2.13. The third-order valence-electron chi connectivity index (χ3n) is 3.07. The summed E-state index contributed by atoms with van der Waals surface area (Å²) in [7, 11) is 0. The van der Waals surface area contributed by atoms with Crippen molar-refractivity contribution in [3.05, 3.63) is 0 Å². The van der Waals surface area contributed by atoms with Gasteiger partial charge in [0.1, 0.15) is 0 Å². The largest absolute Gasteiger partial charge is 0.479 e. The number of rotatable bonds is 6. The fraction of sp³-hybridized carbons (Fsp3) is 0.909. The summed E-state index contributed by atoms with van der Waals surface area (Å²) in [5, 5.41) is 18.9. The van der Waals surface area contributed by atoms with Gasteiger partial charge in [0, 0.05) is 6.42 Å². The predicted molar refractivity (Wildman–Crippen MR) is 56.5 cm³/mol. The Kier molecular flexibility index (Phi) is 5.45. The number of carbonyl (C=O) groups is 1. The number of hydrogen-bond donors (Lipinski definition) is 2. The Balaban J connectivity index is 4.46. The Labute approximate surface area is 98.6 Å². The standard InChI is InChI=1S/C11H19F3O3/c1-7(2)11(17,9(15)16)8(3)5-4-6-10(12,13)14/h7-8,17H,4-6H2,1-3H3,(H,15,16). The first-order valence-electron chi connectivity index (χ1n) is 5.54. The molecule has 0 rings (SSSR count). The van der Waals surface area contributed by atoms with Crippen molar-refractivity contribution < 1.29 is 28.2 Å². The Hall–Kier alpha value is -0.780. The molecule has 0 amide bonds. The molecule has 102 valence electrons. The first-order chi connectivity index (χ1) is 7.51. The van der Waals surface area contributed by atoms with E-state index in [0.29, 0.717) is 0 Å². The van der Waals surface area contributed by atoms with Gasteiger partial charge in [-0.15, -0.1) is 0 Å². The van der Waals surface area contributed by atoms with Crippen LogP contribution < -0.4 is 0 Å². The minimum Gasteiger partial charge on any atom is -0.479 e. The van der Waals surface area contributed by atoms with E-state index < -0.39 is 36.0 Å². The van der Waals surface area contributed by atoms with Gasteiger partial charge in [0.15, 0.2) is 5.60 Å². The maximum absolute atomic E-state index is 11.9.